The third kappa shape index (κ3) is 2.84. The van der Waals surface area contributed by atoms with Crippen LogP contribution in [0.25, 0.3) is 50.3 Å². The summed E-state index contributed by atoms with van der Waals surface area (Å²) in [5.74, 6) is 1.11. The minimum Gasteiger partial charge on any atom is -0.443 e. The van der Waals surface area contributed by atoms with Crippen LogP contribution in [0.4, 0.5) is 0 Å². The fraction of sp³-hybridized carbons (Fsp3) is 0.0714. The summed E-state index contributed by atoms with van der Waals surface area (Å²) in [5, 5.41) is 0. The first-order valence-electron chi connectivity index (χ1n) is 10.7. The average molecular weight is 417 g/mol. The maximum absolute atomic E-state index is 5.63. The third-order valence-electron chi connectivity index (χ3n) is 6.16. The summed E-state index contributed by atoms with van der Waals surface area (Å²) >= 11 is 0. The molecule has 0 unspecified atom stereocenters. The maximum atomic E-state index is 5.63. The van der Waals surface area contributed by atoms with E-state index in [9.17, 15) is 0 Å². The zero-order valence-corrected chi connectivity index (χ0v) is 18.0. The molecule has 2 heterocycles. The van der Waals surface area contributed by atoms with Crippen LogP contribution in [0.2, 0.25) is 0 Å². The number of hydrogen-bond donors (Lipinski definition) is 0. The molecular formula is C28H22N3O+. The standard InChI is InChI=1S/C28H22N3O/c1-19-16-24-27(32-18-29-24)17-23(19)28-30(2)25-10-6-7-11-26(25)31(28)22-14-12-21(13-15-22)20-8-4-3-5-9-20/h3-18H,1-2H3/q+1. The van der Waals surface area contributed by atoms with E-state index in [1.54, 1.807) is 0 Å². The van der Waals surface area contributed by atoms with Crippen LogP contribution >= 0.6 is 0 Å². The van der Waals surface area contributed by atoms with E-state index in [-0.39, 0.29) is 0 Å². The molecule has 154 valence electrons. The first-order valence-corrected chi connectivity index (χ1v) is 10.7. The zero-order chi connectivity index (χ0) is 21.7. The number of aryl methyl sites for hydroxylation is 2. The van der Waals surface area contributed by atoms with Crippen LogP contribution in [-0.4, -0.2) is 9.55 Å². The van der Waals surface area contributed by atoms with E-state index < -0.39 is 0 Å². The fourth-order valence-electron chi connectivity index (χ4n) is 4.56. The van der Waals surface area contributed by atoms with Crippen molar-refractivity contribution in [2.45, 2.75) is 6.92 Å². The number of hydrogen-bond acceptors (Lipinski definition) is 2. The van der Waals surface area contributed by atoms with Gasteiger partial charge in [-0.05, 0) is 60.0 Å². The third-order valence-corrected chi connectivity index (χ3v) is 6.16. The summed E-state index contributed by atoms with van der Waals surface area (Å²) in [7, 11) is 2.12. The zero-order valence-electron chi connectivity index (χ0n) is 18.0. The van der Waals surface area contributed by atoms with Crippen molar-refractivity contribution >= 4 is 22.1 Å². The number of imidazole rings is 1. The molecule has 32 heavy (non-hydrogen) atoms. The van der Waals surface area contributed by atoms with Crippen molar-refractivity contribution in [1.82, 2.24) is 9.55 Å². The van der Waals surface area contributed by atoms with Crippen molar-refractivity contribution in [3.8, 4) is 28.2 Å². The van der Waals surface area contributed by atoms with Gasteiger partial charge in [0.15, 0.2) is 23.0 Å². The van der Waals surface area contributed by atoms with Gasteiger partial charge in [-0.15, -0.1) is 0 Å². The Hall–Kier alpha value is -4.18. The topological polar surface area (TPSA) is 34.8 Å². The molecule has 0 spiro atoms. The summed E-state index contributed by atoms with van der Waals surface area (Å²) in [6, 6.07) is 31.9. The number of aromatic nitrogens is 3. The van der Waals surface area contributed by atoms with Crippen molar-refractivity contribution in [3.05, 3.63) is 103 Å². The highest BCUT2D eigenvalue weighted by Gasteiger charge is 2.27. The molecule has 6 aromatic rings. The van der Waals surface area contributed by atoms with Gasteiger partial charge in [-0.3, -0.25) is 0 Å². The van der Waals surface area contributed by atoms with Gasteiger partial charge in [0.1, 0.15) is 11.2 Å². The minimum absolute atomic E-state index is 0.793. The van der Waals surface area contributed by atoms with Gasteiger partial charge in [0.25, 0.3) is 5.82 Å². The quantitative estimate of drug-likeness (QED) is 0.320. The smallest absolute Gasteiger partial charge is 0.295 e. The average Bonchev–Trinajstić information content (AvgIpc) is 3.41. The predicted molar refractivity (Wildman–Crippen MR) is 128 cm³/mol. The molecular weight excluding hydrogens is 394 g/mol. The van der Waals surface area contributed by atoms with Gasteiger partial charge in [0.2, 0.25) is 0 Å². The van der Waals surface area contributed by atoms with E-state index in [1.807, 2.05) is 6.07 Å². The molecule has 0 fully saturated rings. The molecule has 0 aliphatic heterocycles. The molecule has 2 aromatic heterocycles. The lowest BCUT2D eigenvalue weighted by atomic mass is 10.0. The van der Waals surface area contributed by atoms with Gasteiger partial charge >= 0.3 is 0 Å². The second-order valence-corrected chi connectivity index (χ2v) is 8.11. The lowest BCUT2D eigenvalue weighted by molar-refractivity contribution is -0.633. The molecule has 0 N–H and O–H groups in total. The Morgan fingerprint density at radius 3 is 2.34 bits per heavy atom. The molecule has 4 aromatic carbocycles. The van der Waals surface area contributed by atoms with Crippen molar-refractivity contribution in [1.29, 1.82) is 0 Å². The molecule has 0 atom stereocenters. The molecule has 0 amide bonds. The second-order valence-electron chi connectivity index (χ2n) is 8.11. The first kappa shape index (κ1) is 18.6. The number of nitrogens with zero attached hydrogens (tertiary/aromatic N) is 3. The molecule has 4 heteroatoms. The van der Waals surface area contributed by atoms with E-state index >= 15 is 0 Å². The van der Waals surface area contributed by atoms with Crippen molar-refractivity contribution in [2.75, 3.05) is 0 Å². The Bertz CT molecular complexity index is 1570. The Morgan fingerprint density at radius 1 is 0.812 bits per heavy atom. The largest absolute Gasteiger partial charge is 0.443 e. The van der Waals surface area contributed by atoms with E-state index in [0.29, 0.717) is 0 Å². The second kappa shape index (κ2) is 7.20. The van der Waals surface area contributed by atoms with Crippen LogP contribution in [0.5, 0.6) is 0 Å². The van der Waals surface area contributed by atoms with Gasteiger partial charge in [-0.1, -0.05) is 54.6 Å². The van der Waals surface area contributed by atoms with Crippen molar-refractivity contribution in [3.63, 3.8) is 0 Å². The van der Waals surface area contributed by atoms with Crippen LogP contribution in [-0.2, 0) is 7.05 Å². The van der Waals surface area contributed by atoms with E-state index in [2.05, 4.69) is 113 Å². The summed E-state index contributed by atoms with van der Waals surface area (Å²) in [5.41, 5.74) is 9.83. The number of fused-ring (bicyclic) bond motifs is 2. The normalized spacial score (nSPS) is 11.4. The Labute approximate surface area is 186 Å². The van der Waals surface area contributed by atoms with Crippen molar-refractivity contribution < 1.29 is 8.98 Å². The summed E-state index contributed by atoms with van der Waals surface area (Å²) < 4.78 is 10.2. The van der Waals surface area contributed by atoms with E-state index in [0.717, 1.165) is 39.3 Å². The van der Waals surface area contributed by atoms with Gasteiger partial charge in [0, 0.05) is 0 Å². The number of para-hydroxylation sites is 2. The Kier molecular flexibility index (Phi) is 4.18. The summed E-state index contributed by atoms with van der Waals surface area (Å²) in [6.45, 7) is 2.13. The lowest BCUT2D eigenvalue weighted by Gasteiger charge is -2.08. The number of benzene rings is 4. The minimum atomic E-state index is 0.793. The highest BCUT2D eigenvalue weighted by Crippen LogP contribution is 2.32. The maximum Gasteiger partial charge on any atom is 0.295 e. The molecule has 0 aliphatic carbocycles. The summed E-state index contributed by atoms with van der Waals surface area (Å²) in [4.78, 5) is 4.32. The van der Waals surface area contributed by atoms with Crippen LogP contribution in [0.15, 0.2) is 102 Å². The molecule has 0 bridgehead atoms. The molecule has 6 rings (SSSR count). The molecule has 0 aliphatic rings. The van der Waals surface area contributed by atoms with Crippen LogP contribution in [0.1, 0.15) is 5.56 Å². The highest BCUT2D eigenvalue weighted by atomic mass is 16.3. The van der Waals surface area contributed by atoms with E-state index in [1.165, 1.54) is 23.0 Å². The Balaban J connectivity index is 1.60. The molecule has 0 saturated carbocycles. The van der Waals surface area contributed by atoms with Gasteiger partial charge in [-0.2, -0.15) is 4.57 Å². The van der Waals surface area contributed by atoms with Gasteiger partial charge in [-0.25, -0.2) is 9.55 Å². The predicted octanol–water partition coefficient (Wildman–Crippen LogP) is 6.24. The fourth-order valence-corrected chi connectivity index (χ4v) is 4.56. The molecule has 0 radical (unpaired) electrons. The highest BCUT2D eigenvalue weighted by molar-refractivity contribution is 5.84. The van der Waals surface area contributed by atoms with Crippen LogP contribution in [0, 0.1) is 6.92 Å². The molecule has 4 nitrogen and oxygen atoms in total. The molecule has 0 saturated heterocycles. The van der Waals surface area contributed by atoms with Crippen molar-refractivity contribution in [2.24, 2.45) is 7.05 Å². The Morgan fingerprint density at radius 2 is 1.53 bits per heavy atom. The number of rotatable bonds is 3. The van der Waals surface area contributed by atoms with Crippen LogP contribution < -0.4 is 4.57 Å². The number of oxazole rings is 1. The lowest BCUT2D eigenvalue weighted by Crippen LogP contribution is -2.30. The van der Waals surface area contributed by atoms with Crippen LogP contribution in [0.3, 0.4) is 0 Å². The first-order chi connectivity index (χ1) is 15.7. The summed E-state index contributed by atoms with van der Waals surface area (Å²) in [6.07, 6.45) is 1.51. The van der Waals surface area contributed by atoms with Gasteiger partial charge < -0.3 is 4.42 Å². The monoisotopic (exact) mass is 416 g/mol. The SMILES string of the molecule is Cc1cc2ncoc2cc1-c1n(-c2ccc(-c3ccccc3)cc2)c2ccccc2[n+]1C. The van der Waals surface area contributed by atoms with Gasteiger partial charge in [0.05, 0.1) is 12.6 Å². The van der Waals surface area contributed by atoms with E-state index in [4.69, 9.17) is 4.42 Å².